The number of carbonyl (C=O) groups excluding carboxylic acids is 1. The number of aromatic amines is 1. The lowest BCUT2D eigenvalue weighted by Crippen LogP contribution is -2.20. The van der Waals surface area contributed by atoms with Crippen LogP contribution in [0, 0.1) is 18.3 Å². The molecule has 26 heavy (non-hydrogen) atoms. The number of thiazole rings is 1. The van der Waals surface area contributed by atoms with Crippen molar-refractivity contribution in [2.75, 3.05) is 5.32 Å². The van der Waals surface area contributed by atoms with Gasteiger partial charge in [-0.25, -0.2) is 0 Å². The summed E-state index contributed by atoms with van der Waals surface area (Å²) < 4.78 is 0.962. The lowest BCUT2D eigenvalue weighted by atomic mass is 10.1. The first-order valence-corrected chi connectivity index (χ1v) is 8.65. The molecule has 0 atom stereocenters. The highest BCUT2D eigenvalue weighted by molar-refractivity contribution is 7.07. The second-order valence-electron chi connectivity index (χ2n) is 5.66. The van der Waals surface area contributed by atoms with E-state index in [2.05, 4.69) is 10.3 Å². The molecule has 2 aromatic carbocycles. The van der Waals surface area contributed by atoms with Gasteiger partial charge in [0.15, 0.2) is 0 Å². The Bertz CT molecular complexity index is 1150. The average molecular weight is 361 g/mol. The lowest BCUT2D eigenvalue weighted by molar-refractivity contribution is -0.110. The van der Waals surface area contributed by atoms with E-state index >= 15 is 0 Å². The maximum Gasteiger partial charge on any atom is 0.266 e. The Kier molecular flexibility index (Phi) is 5.11. The quantitative estimate of drug-likeness (QED) is 0.747. The van der Waals surface area contributed by atoms with Crippen molar-refractivity contribution in [1.82, 2.24) is 4.98 Å². The average Bonchev–Trinajstić information content (AvgIpc) is 2.96. The number of hydrogen-bond acceptors (Lipinski definition) is 4. The Balaban J connectivity index is 1.84. The van der Waals surface area contributed by atoms with Crippen LogP contribution in [0.5, 0.6) is 0 Å². The fraction of sp³-hybridized carbons (Fsp3) is 0.0500. The van der Waals surface area contributed by atoms with Crippen LogP contribution in [0.4, 0.5) is 5.69 Å². The van der Waals surface area contributed by atoms with Crippen LogP contribution in [0.1, 0.15) is 16.7 Å². The lowest BCUT2D eigenvalue weighted by Gasteiger charge is -2.01. The molecule has 1 heterocycles. The molecule has 0 unspecified atom stereocenters. The predicted octanol–water partition coefficient (Wildman–Crippen LogP) is 1.86. The van der Waals surface area contributed by atoms with Gasteiger partial charge in [-0.05, 0) is 42.8 Å². The zero-order valence-corrected chi connectivity index (χ0v) is 14.8. The van der Waals surface area contributed by atoms with E-state index in [1.54, 1.807) is 30.3 Å². The number of aryl methyl sites for hydroxylation is 1. The SMILES string of the molecule is Cc1ccc(NC(=O)/C=c2/[nH]c(=O)/c(=C/c3ccc(C#N)cc3)s2)cc1. The first-order valence-electron chi connectivity index (χ1n) is 7.84. The number of benzene rings is 2. The first kappa shape index (κ1) is 17.4. The molecule has 1 amide bonds. The summed E-state index contributed by atoms with van der Waals surface area (Å²) in [6.45, 7) is 1.97. The highest BCUT2D eigenvalue weighted by Crippen LogP contribution is 2.08. The topological polar surface area (TPSA) is 85.8 Å². The van der Waals surface area contributed by atoms with Crippen LogP contribution in [0.25, 0.3) is 12.2 Å². The number of aromatic nitrogens is 1. The molecule has 3 aromatic rings. The summed E-state index contributed by atoms with van der Waals surface area (Å²) in [5.74, 6) is -0.309. The van der Waals surface area contributed by atoms with Crippen molar-refractivity contribution >= 4 is 35.1 Å². The summed E-state index contributed by atoms with van der Waals surface area (Å²) >= 11 is 1.20. The minimum atomic E-state index is -0.309. The fourth-order valence-corrected chi connectivity index (χ4v) is 3.15. The van der Waals surface area contributed by atoms with Crippen LogP contribution in [-0.2, 0) is 4.79 Å². The smallest absolute Gasteiger partial charge is 0.266 e. The molecular formula is C20H15N3O2S. The number of H-pyrrole nitrogens is 1. The monoisotopic (exact) mass is 361 g/mol. The summed E-state index contributed by atoms with van der Waals surface area (Å²) in [4.78, 5) is 26.8. The second kappa shape index (κ2) is 7.64. The van der Waals surface area contributed by atoms with E-state index in [9.17, 15) is 9.59 Å². The van der Waals surface area contributed by atoms with Crippen molar-refractivity contribution in [1.29, 1.82) is 5.26 Å². The number of carbonyl (C=O) groups is 1. The van der Waals surface area contributed by atoms with Crippen LogP contribution in [-0.4, -0.2) is 10.9 Å². The number of amides is 1. The molecule has 0 saturated carbocycles. The molecule has 3 rings (SSSR count). The molecule has 0 bridgehead atoms. The van der Waals surface area contributed by atoms with E-state index in [4.69, 9.17) is 5.26 Å². The molecule has 0 radical (unpaired) electrons. The van der Waals surface area contributed by atoms with Crippen molar-refractivity contribution < 1.29 is 4.79 Å². The Morgan fingerprint density at radius 3 is 2.50 bits per heavy atom. The van der Waals surface area contributed by atoms with E-state index in [-0.39, 0.29) is 11.5 Å². The molecule has 1 aromatic heterocycles. The summed E-state index contributed by atoms with van der Waals surface area (Å²) in [6, 6.07) is 16.4. The minimum Gasteiger partial charge on any atom is -0.322 e. The number of anilines is 1. The van der Waals surface area contributed by atoms with Gasteiger partial charge >= 0.3 is 0 Å². The number of nitrogens with zero attached hydrogens (tertiary/aromatic N) is 1. The van der Waals surface area contributed by atoms with E-state index in [1.165, 1.54) is 17.4 Å². The maximum absolute atomic E-state index is 12.1. The summed E-state index contributed by atoms with van der Waals surface area (Å²) in [7, 11) is 0. The van der Waals surface area contributed by atoms with Crippen LogP contribution < -0.4 is 20.1 Å². The largest absolute Gasteiger partial charge is 0.322 e. The van der Waals surface area contributed by atoms with Gasteiger partial charge in [-0.15, -0.1) is 11.3 Å². The molecule has 5 nitrogen and oxygen atoms in total. The van der Waals surface area contributed by atoms with Gasteiger partial charge in [0, 0.05) is 11.8 Å². The molecule has 0 aliphatic rings. The van der Waals surface area contributed by atoms with Gasteiger partial charge in [-0.3, -0.25) is 9.59 Å². The van der Waals surface area contributed by atoms with E-state index in [1.807, 2.05) is 37.3 Å². The Hall–Kier alpha value is -3.43. The summed E-state index contributed by atoms with van der Waals surface area (Å²) in [6.07, 6.45) is 3.09. The van der Waals surface area contributed by atoms with Crippen LogP contribution >= 0.6 is 11.3 Å². The maximum atomic E-state index is 12.1. The van der Waals surface area contributed by atoms with Crippen molar-refractivity contribution in [3.05, 3.63) is 84.8 Å². The van der Waals surface area contributed by atoms with Gasteiger partial charge in [0.05, 0.1) is 16.2 Å². The highest BCUT2D eigenvalue weighted by atomic mass is 32.1. The molecular weight excluding hydrogens is 346 g/mol. The van der Waals surface area contributed by atoms with Crippen molar-refractivity contribution in [2.45, 2.75) is 6.92 Å². The van der Waals surface area contributed by atoms with Crippen molar-refractivity contribution in [2.24, 2.45) is 0 Å². The third-order valence-corrected chi connectivity index (χ3v) is 4.56. The number of nitriles is 1. The number of nitrogens with one attached hydrogen (secondary N) is 2. The van der Waals surface area contributed by atoms with Gasteiger partial charge in [0.1, 0.15) is 4.66 Å². The molecule has 0 spiro atoms. The van der Waals surface area contributed by atoms with Gasteiger partial charge in [-0.2, -0.15) is 5.26 Å². The van der Waals surface area contributed by atoms with E-state index in [0.717, 1.165) is 11.1 Å². The minimum absolute atomic E-state index is 0.256. The fourth-order valence-electron chi connectivity index (χ4n) is 2.26. The second-order valence-corrected chi connectivity index (χ2v) is 6.75. The number of hydrogen-bond donors (Lipinski definition) is 2. The molecule has 0 aliphatic carbocycles. The first-order chi connectivity index (χ1) is 12.5. The highest BCUT2D eigenvalue weighted by Gasteiger charge is 2.01. The Morgan fingerprint density at radius 2 is 1.85 bits per heavy atom. The van der Waals surface area contributed by atoms with Gasteiger partial charge in [0.25, 0.3) is 11.5 Å². The third kappa shape index (κ3) is 4.35. The molecule has 128 valence electrons. The molecule has 0 fully saturated rings. The number of rotatable bonds is 3. The summed E-state index contributed by atoms with van der Waals surface area (Å²) in [5, 5.41) is 11.6. The van der Waals surface area contributed by atoms with Crippen LogP contribution in [0.2, 0.25) is 0 Å². The van der Waals surface area contributed by atoms with E-state index in [0.29, 0.717) is 20.4 Å². The third-order valence-electron chi connectivity index (χ3n) is 3.60. The standard InChI is InChI=1S/C20H15N3O2S/c1-13-2-8-16(9-3-13)22-18(24)11-19-23-20(25)17(26-19)10-14-4-6-15(12-21)7-5-14/h2-11H,1H3,(H,22,24)(H,23,25)/b17-10-,19-11-. The zero-order valence-electron chi connectivity index (χ0n) is 13.9. The normalized spacial score (nSPS) is 12.0. The summed E-state index contributed by atoms with van der Waals surface area (Å²) in [5.41, 5.74) is 2.92. The van der Waals surface area contributed by atoms with Gasteiger partial charge < -0.3 is 10.3 Å². The van der Waals surface area contributed by atoms with Crippen molar-refractivity contribution in [3.8, 4) is 6.07 Å². The molecule has 0 saturated heterocycles. The molecule has 6 heteroatoms. The van der Waals surface area contributed by atoms with Gasteiger partial charge in [-0.1, -0.05) is 29.8 Å². The molecule has 0 aliphatic heterocycles. The Morgan fingerprint density at radius 1 is 1.15 bits per heavy atom. The van der Waals surface area contributed by atoms with Crippen LogP contribution in [0.3, 0.4) is 0 Å². The molecule has 2 N–H and O–H groups in total. The Labute approximate surface area is 153 Å². The van der Waals surface area contributed by atoms with Crippen LogP contribution in [0.15, 0.2) is 53.3 Å². The zero-order chi connectivity index (χ0) is 18.5. The van der Waals surface area contributed by atoms with Gasteiger partial charge in [0.2, 0.25) is 0 Å². The van der Waals surface area contributed by atoms with E-state index < -0.39 is 0 Å². The van der Waals surface area contributed by atoms with Crippen molar-refractivity contribution in [3.63, 3.8) is 0 Å². The predicted molar refractivity (Wildman–Crippen MR) is 103 cm³/mol.